The molecule has 1 saturated carbocycles. The van der Waals surface area contributed by atoms with Gasteiger partial charge in [0.1, 0.15) is 29.7 Å². The van der Waals surface area contributed by atoms with E-state index in [9.17, 15) is 0 Å². The fourth-order valence-electron chi connectivity index (χ4n) is 3.56. The highest BCUT2D eigenvalue weighted by Crippen LogP contribution is 2.40. The van der Waals surface area contributed by atoms with E-state index in [1.54, 1.807) is 6.34 Å². The largest absolute Gasteiger partial charge is 0.353 e. The van der Waals surface area contributed by atoms with Gasteiger partial charge in [-0.3, -0.25) is 0 Å². The summed E-state index contributed by atoms with van der Waals surface area (Å²) < 4.78 is 1.97. The fraction of sp³-hybridized carbons (Fsp3) is 0.333. The molecule has 0 bridgehead atoms. The molecule has 1 unspecified atom stereocenters. The smallest absolute Gasteiger partial charge is 0.134 e. The minimum atomic E-state index is -0.245. The van der Waals surface area contributed by atoms with E-state index >= 15 is 0 Å². The first-order chi connectivity index (χ1) is 11.7. The summed E-state index contributed by atoms with van der Waals surface area (Å²) in [6.07, 6.45) is 5.18. The zero-order valence-corrected chi connectivity index (χ0v) is 13.6. The molecule has 0 saturated heterocycles. The van der Waals surface area contributed by atoms with Crippen molar-refractivity contribution in [2.45, 2.75) is 31.3 Å². The lowest BCUT2D eigenvalue weighted by Crippen LogP contribution is -2.35. The van der Waals surface area contributed by atoms with Crippen molar-refractivity contribution < 1.29 is 0 Å². The van der Waals surface area contributed by atoms with Gasteiger partial charge in [-0.15, -0.1) is 0 Å². The molecule has 122 valence electrons. The van der Waals surface area contributed by atoms with Gasteiger partial charge in [-0.25, -0.2) is 9.66 Å². The van der Waals surface area contributed by atoms with E-state index < -0.39 is 0 Å². The second-order valence-corrected chi connectivity index (χ2v) is 6.75. The van der Waals surface area contributed by atoms with E-state index in [0.717, 1.165) is 28.4 Å². The van der Waals surface area contributed by atoms with E-state index in [1.165, 1.54) is 24.6 Å². The molecule has 3 aromatic rings. The van der Waals surface area contributed by atoms with Crippen molar-refractivity contribution in [2.75, 3.05) is 7.05 Å². The van der Waals surface area contributed by atoms with Gasteiger partial charge in [-0.05, 0) is 25.0 Å². The second-order valence-electron chi connectivity index (χ2n) is 6.75. The highest BCUT2D eigenvalue weighted by molar-refractivity contribution is 5.85. The van der Waals surface area contributed by atoms with Gasteiger partial charge >= 0.3 is 0 Å². The third-order valence-electron chi connectivity index (χ3n) is 5.24. The number of fused-ring (bicyclic) bond motifs is 2. The van der Waals surface area contributed by atoms with Crippen molar-refractivity contribution in [3.05, 3.63) is 41.9 Å². The third kappa shape index (κ3) is 1.86. The highest BCUT2D eigenvalue weighted by Gasteiger charge is 2.33. The number of aromatic amines is 1. The Bertz CT molecular complexity index is 913. The van der Waals surface area contributed by atoms with Crippen LogP contribution in [-0.4, -0.2) is 32.9 Å². The van der Waals surface area contributed by atoms with Gasteiger partial charge in [0.05, 0.1) is 5.69 Å². The molecule has 3 heterocycles. The number of rotatable bonds is 2. The monoisotopic (exact) mass is 320 g/mol. The molecule has 0 radical (unpaired) electrons. The summed E-state index contributed by atoms with van der Waals surface area (Å²) in [4.78, 5) is 10.4. The Morgan fingerprint density at radius 2 is 2.08 bits per heavy atom. The summed E-state index contributed by atoms with van der Waals surface area (Å²) in [6.45, 7) is 0. The predicted molar refractivity (Wildman–Crippen MR) is 94.7 cm³/mol. The third-order valence-corrected chi connectivity index (χ3v) is 5.24. The Hall–Kier alpha value is -2.60. The zero-order valence-electron chi connectivity index (χ0n) is 13.6. The van der Waals surface area contributed by atoms with Gasteiger partial charge in [0.2, 0.25) is 0 Å². The van der Waals surface area contributed by atoms with Crippen LogP contribution in [0.25, 0.3) is 22.3 Å². The number of imidazole rings is 1. The first kappa shape index (κ1) is 13.8. The lowest BCUT2D eigenvalue weighted by molar-refractivity contribution is 0.344. The van der Waals surface area contributed by atoms with Gasteiger partial charge < -0.3 is 15.6 Å². The van der Waals surface area contributed by atoms with Crippen LogP contribution in [0.4, 0.5) is 0 Å². The van der Waals surface area contributed by atoms with Crippen LogP contribution < -0.4 is 5.73 Å². The molecular weight excluding hydrogens is 300 g/mol. The Kier molecular flexibility index (Phi) is 2.84. The Morgan fingerprint density at radius 1 is 1.25 bits per heavy atom. The molecule has 1 fully saturated rings. The van der Waals surface area contributed by atoms with Gasteiger partial charge in [-0.1, -0.05) is 24.6 Å². The van der Waals surface area contributed by atoms with E-state index in [2.05, 4.69) is 28.3 Å². The Balaban J connectivity index is 1.73. The molecule has 0 amide bonds. The minimum Gasteiger partial charge on any atom is -0.353 e. The van der Waals surface area contributed by atoms with Crippen LogP contribution in [0.5, 0.6) is 0 Å². The normalized spacial score (nSPS) is 20.4. The molecular formula is C18H20N6. The van der Waals surface area contributed by atoms with E-state index in [1.807, 2.05) is 28.8 Å². The standard InChI is InChI=1S/C18H20N6/c1-23-10-20-24-16(17(23)19)15(22-18(24)11-6-4-7-11)14-9-12-5-2-3-8-13(12)21-14/h2-3,5,8-11,17,21H,4,6-7,19H2,1H3. The molecule has 3 N–H and O–H groups in total. The number of hydrogen-bond acceptors (Lipinski definition) is 4. The SMILES string of the molecule is CN1C=Nn2c(C3CCC3)nc(-c3cc4ccccc4[nH]3)c2C1N. The molecule has 1 aliphatic carbocycles. The molecule has 1 atom stereocenters. The number of nitrogens with two attached hydrogens (primary N) is 1. The molecule has 24 heavy (non-hydrogen) atoms. The number of nitrogens with one attached hydrogen (secondary N) is 1. The summed E-state index contributed by atoms with van der Waals surface area (Å²) >= 11 is 0. The van der Waals surface area contributed by atoms with Crippen molar-refractivity contribution in [3.8, 4) is 11.4 Å². The minimum absolute atomic E-state index is 0.245. The lowest BCUT2D eigenvalue weighted by Gasteiger charge is -2.29. The van der Waals surface area contributed by atoms with Gasteiger partial charge in [0.15, 0.2) is 0 Å². The lowest BCUT2D eigenvalue weighted by atomic mass is 9.85. The number of benzene rings is 1. The zero-order chi connectivity index (χ0) is 16.3. The van der Waals surface area contributed by atoms with Crippen LogP contribution in [0.1, 0.15) is 42.9 Å². The highest BCUT2D eigenvalue weighted by atomic mass is 15.5. The summed E-state index contributed by atoms with van der Waals surface area (Å²) in [6, 6.07) is 10.4. The van der Waals surface area contributed by atoms with Crippen molar-refractivity contribution in [3.63, 3.8) is 0 Å². The van der Waals surface area contributed by atoms with Crippen molar-refractivity contribution >= 4 is 17.2 Å². The predicted octanol–water partition coefficient (Wildman–Crippen LogP) is 2.99. The van der Waals surface area contributed by atoms with Crippen LogP contribution in [-0.2, 0) is 0 Å². The number of H-pyrrole nitrogens is 1. The van der Waals surface area contributed by atoms with Crippen LogP contribution >= 0.6 is 0 Å². The summed E-state index contributed by atoms with van der Waals surface area (Å²) in [5, 5.41) is 5.77. The van der Waals surface area contributed by atoms with Crippen LogP contribution in [0.3, 0.4) is 0 Å². The van der Waals surface area contributed by atoms with Crippen LogP contribution in [0.15, 0.2) is 35.4 Å². The quantitative estimate of drug-likeness (QED) is 0.762. The molecule has 0 spiro atoms. The number of hydrogen-bond donors (Lipinski definition) is 2. The molecule has 6 nitrogen and oxygen atoms in total. The molecule has 1 aliphatic heterocycles. The topological polar surface area (TPSA) is 75.2 Å². The van der Waals surface area contributed by atoms with Crippen LogP contribution in [0.2, 0.25) is 0 Å². The maximum Gasteiger partial charge on any atom is 0.134 e. The Morgan fingerprint density at radius 3 is 2.83 bits per heavy atom. The van der Waals surface area contributed by atoms with E-state index in [4.69, 9.17) is 10.7 Å². The maximum atomic E-state index is 6.46. The first-order valence-electron chi connectivity index (χ1n) is 8.45. The summed E-state index contributed by atoms with van der Waals surface area (Å²) in [5.74, 6) is 1.54. The van der Waals surface area contributed by atoms with Crippen molar-refractivity contribution in [2.24, 2.45) is 10.8 Å². The molecule has 6 heteroatoms. The molecule has 5 rings (SSSR count). The van der Waals surface area contributed by atoms with E-state index in [-0.39, 0.29) is 6.17 Å². The second kappa shape index (κ2) is 4.95. The van der Waals surface area contributed by atoms with Crippen LogP contribution in [0, 0.1) is 0 Å². The van der Waals surface area contributed by atoms with Gasteiger partial charge in [0, 0.05) is 23.9 Å². The number of nitrogens with zero attached hydrogens (tertiary/aromatic N) is 4. The number of para-hydroxylation sites is 1. The van der Waals surface area contributed by atoms with E-state index in [0.29, 0.717) is 5.92 Å². The molecule has 2 aromatic heterocycles. The van der Waals surface area contributed by atoms with Gasteiger partial charge in [-0.2, -0.15) is 5.10 Å². The molecule has 2 aliphatic rings. The molecule has 1 aromatic carbocycles. The average molecular weight is 320 g/mol. The maximum absolute atomic E-state index is 6.46. The van der Waals surface area contributed by atoms with Gasteiger partial charge in [0.25, 0.3) is 0 Å². The van der Waals surface area contributed by atoms with Crippen molar-refractivity contribution in [1.82, 2.24) is 19.5 Å². The average Bonchev–Trinajstić information content (AvgIpc) is 3.11. The summed E-state index contributed by atoms with van der Waals surface area (Å²) in [5.41, 5.74) is 10.5. The first-order valence-corrected chi connectivity index (χ1v) is 8.45. The number of aromatic nitrogens is 3. The fourth-order valence-corrected chi connectivity index (χ4v) is 3.56. The summed E-state index contributed by atoms with van der Waals surface area (Å²) in [7, 11) is 1.95. The van der Waals surface area contributed by atoms with Crippen molar-refractivity contribution in [1.29, 1.82) is 0 Å². The Labute approximate surface area is 140 Å².